The molecule has 1 unspecified atom stereocenters. The first-order chi connectivity index (χ1) is 15.0. The van der Waals surface area contributed by atoms with Gasteiger partial charge in [-0.05, 0) is 24.0 Å². The number of hydrogen-bond donors (Lipinski definition) is 1. The van der Waals surface area contributed by atoms with Crippen LogP contribution in [-0.4, -0.2) is 61.0 Å². The molecular weight excluding hydrogens is 416 g/mol. The number of carbonyl (C=O) groups excluding carboxylic acids is 1. The SMILES string of the molecule is O=CN(O)C(CS(=O)(=O)N1CCC(OCC=Cc2ccccc2)CC1)c1ccccc1. The van der Waals surface area contributed by atoms with E-state index in [1.165, 1.54) is 4.31 Å². The highest BCUT2D eigenvalue weighted by Gasteiger charge is 2.32. The lowest BCUT2D eigenvalue weighted by Gasteiger charge is -2.32. The van der Waals surface area contributed by atoms with Gasteiger partial charge in [-0.2, -0.15) is 0 Å². The smallest absolute Gasteiger partial charge is 0.233 e. The van der Waals surface area contributed by atoms with Crippen molar-refractivity contribution in [3.63, 3.8) is 0 Å². The first-order valence-electron chi connectivity index (χ1n) is 10.3. The number of sulfonamides is 1. The highest BCUT2D eigenvalue weighted by atomic mass is 32.2. The van der Waals surface area contributed by atoms with E-state index >= 15 is 0 Å². The molecule has 1 heterocycles. The molecule has 2 aromatic carbocycles. The molecule has 1 atom stereocenters. The molecule has 166 valence electrons. The third-order valence-electron chi connectivity index (χ3n) is 5.31. The minimum atomic E-state index is -3.67. The lowest BCUT2D eigenvalue weighted by atomic mass is 10.1. The van der Waals surface area contributed by atoms with Crippen LogP contribution in [0.3, 0.4) is 0 Å². The van der Waals surface area contributed by atoms with E-state index in [2.05, 4.69) is 0 Å². The summed E-state index contributed by atoms with van der Waals surface area (Å²) in [5.41, 5.74) is 1.66. The molecule has 31 heavy (non-hydrogen) atoms. The average molecular weight is 445 g/mol. The average Bonchev–Trinajstić information content (AvgIpc) is 2.81. The summed E-state index contributed by atoms with van der Waals surface area (Å²) < 4.78 is 33.2. The van der Waals surface area contributed by atoms with Crippen molar-refractivity contribution in [1.29, 1.82) is 0 Å². The Morgan fingerprint density at radius 1 is 1.06 bits per heavy atom. The lowest BCUT2D eigenvalue weighted by Crippen LogP contribution is -2.44. The summed E-state index contributed by atoms with van der Waals surface area (Å²) in [7, 11) is -3.67. The Labute approximate surface area is 183 Å². The van der Waals surface area contributed by atoms with Crippen molar-refractivity contribution in [2.45, 2.75) is 25.0 Å². The molecule has 8 heteroatoms. The fourth-order valence-electron chi connectivity index (χ4n) is 3.60. The number of amides is 1. The van der Waals surface area contributed by atoms with E-state index in [1.54, 1.807) is 30.3 Å². The van der Waals surface area contributed by atoms with Crippen molar-refractivity contribution < 1.29 is 23.2 Å². The summed E-state index contributed by atoms with van der Waals surface area (Å²) in [4.78, 5) is 11.1. The highest BCUT2D eigenvalue weighted by molar-refractivity contribution is 7.89. The normalized spacial score (nSPS) is 16.9. The Morgan fingerprint density at radius 2 is 1.68 bits per heavy atom. The Morgan fingerprint density at radius 3 is 2.29 bits per heavy atom. The summed E-state index contributed by atoms with van der Waals surface area (Å²) in [6.45, 7) is 1.17. The van der Waals surface area contributed by atoms with Gasteiger partial charge in [-0.15, -0.1) is 0 Å². The first-order valence-corrected chi connectivity index (χ1v) is 11.9. The van der Waals surface area contributed by atoms with Crippen molar-refractivity contribution in [2.75, 3.05) is 25.4 Å². The number of hydroxylamine groups is 2. The fourth-order valence-corrected chi connectivity index (χ4v) is 5.32. The number of benzene rings is 2. The van der Waals surface area contributed by atoms with E-state index in [1.807, 2.05) is 42.5 Å². The van der Waals surface area contributed by atoms with Crippen molar-refractivity contribution in [3.05, 3.63) is 77.9 Å². The number of nitrogens with zero attached hydrogens (tertiary/aromatic N) is 2. The Kier molecular flexibility index (Phi) is 8.36. The zero-order chi connectivity index (χ0) is 22.1. The molecule has 1 saturated heterocycles. The molecule has 3 rings (SSSR count). The van der Waals surface area contributed by atoms with Crippen molar-refractivity contribution >= 4 is 22.5 Å². The van der Waals surface area contributed by atoms with Crippen LogP contribution in [0.1, 0.15) is 30.0 Å². The zero-order valence-electron chi connectivity index (χ0n) is 17.3. The molecule has 1 N–H and O–H groups in total. The largest absolute Gasteiger partial charge is 0.374 e. The summed E-state index contributed by atoms with van der Waals surface area (Å²) >= 11 is 0. The van der Waals surface area contributed by atoms with Gasteiger partial charge in [-0.3, -0.25) is 10.0 Å². The van der Waals surface area contributed by atoms with Crippen molar-refractivity contribution in [1.82, 2.24) is 9.37 Å². The Balaban J connectivity index is 1.51. The van der Waals surface area contributed by atoms with Crippen LogP contribution in [0.5, 0.6) is 0 Å². The number of hydrogen-bond acceptors (Lipinski definition) is 5. The molecule has 0 radical (unpaired) electrons. The second-order valence-electron chi connectivity index (χ2n) is 7.44. The van der Waals surface area contributed by atoms with Crippen LogP contribution in [0.15, 0.2) is 66.7 Å². The minimum Gasteiger partial charge on any atom is -0.374 e. The zero-order valence-corrected chi connectivity index (χ0v) is 18.1. The van der Waals surface area contributed by atoms with Gasteiger partial charge in [-0.25, -0.2) is 17.8 Å². The number of piperidine rings is 1. The Bertz CT molecular complexity index is 942. The van der Waals surface area contributed by atoms with Gasteiger partial charge in [0.15, 0.2) is 0 Å². The molecule has 2 aromatic rings. The summed E-state index contributed by atoms with van der Waals surface area (Å²) in [5.74, 6) is -0.377. The van der Waals surface area contributed by atoms with Crippen LogP contribution in [-0.2, 0) is 19.6 Å². The predicted octanol–water partition coefficient (Wildman–Crippen LogP) is 3.10. The van der Waals surface area contributed by atoms with Gasteiger partial charge in [0, 0.05) is 13.1 Å². The van der Waals surface area contributed by atoms with Gasteiger partial charge >= 0.3 is 0 Å². The lowest BCUT2D eigenvalue weighted by molar-refractivity contribution is -0.159. The van der Waals surface area contributed by atoms with Gasteiger partial charge in [0.25, 0.3) is 0 Å². The maximum absolute atomic E-state index is 12.9. The topological polar surface area (TPSA) is 87.2 Å². The second kappa shape index (κ2) is 11.2. The molecule has 0 aliphatic carbocycles. The van der Waals surface area contributed by atoms with Crippen LogP contribution >= 0.6 is 0 Å². The molecule has 0 bridgehead atoms. The number of rotatable bonds is 10. The summed E-state index contributed by atoms with van der Waals surface area (Å²) in [6.07, 6.45) is 5.39. The third-order valence-corrected chi connectivity index (χ3v) is 7.20. The standard InChI is InChI=1S/C23H28N2O5S/c26-19-25(27)23(21-11-5-2-6-12-21)18-31(28,29)24-15-13-22(14-16-24)30-17-7-10-20-8-3-1-4-9-20/h1-12,19,22-23,27H,13-18H2. The van der Waals surface area contributed by atoms with E-state index in [4.69, 9.17) is 4.74 Å². The van der Waals surface area contributed by atoms with Gasteiger partial charge in [0.05, 0.1) is 24.5 Å². The van der Waals surface area contributed by atoms with E-state index in [0.29, 0.717) is 43.2 Å². The molecule has 0 saturated carbocycles. The summed E-state index contributed by atoms with van der Waals surface area (Å²) in [6, 6.07) is 17.6. The van der Waals surface area contributed by atoms with E-state index in [9.17, 15) is 18.4 Å². The van der Waals surface area contributed by atoms with Gasteiger partial charge < -0.3 is 4.74 Å². The predicted molar refractivity (Wildman–Crippen MR) is 119 cm³/mol. The van der Waals surface area contributed by atoms with Crippen LogP contribution in [0.25, 0.3) is 6.08 Å². The minimum absolute atomic E-state index is 0.00103. The van der Waals surface area contributed by atoms with E-state index in [-0.39, 0.29) is 18.3 Å². The van der Waals surface area contributed by atoms with Crippen LogP contribution in [0.2, 0.25) is 0 Å². The van der Waals surface area contributed by atoms with Crippen molar-refractivity contribution in [3.8, 4) is 0 Å². The molecule has 0 spiro atoms. The second-order valence-corrected chi connectivity index (χ2v) is 9.45. The van der Waals surface area contributed by atoms with Gasteiger partial charge in [0.2, 0.25) is 16.4 Å². The molecule has 1 amide bonds. The van der Waals surface area contributed by atoms with Crippen LogP contribution < -0.4 is 0 Å². The highest BCUT2D eigenvalue weighted by Crippen LogP contribution is 2.24. The molecule has 1 fully saturated rings. The summed E-state index contributed by atoms with van der Waals surface area (Å²) in [5, 5.41) is 10.4. The quantitative estimate of drug-likeness (QED) is 0.346. The molecule has 7 nitrogen and oxygen atoms in total. The first kappa shape index (κ1) is 23.1. The number of carbonyl (C=O) groups is 1. The van der Waals surface area contributed by atoms with Gasteiger partial charge in [-0.1, -0.05) is 72.8 Å². The number of ether oxygens (including phenoxy) is 1. The monoisotopic (exact) mass is 444 g/mol. The molecule has 1 aliphatic heterocycles. The maximum atomic E-state index is 12.9. The molecule has 0 aromatic heterocycles. The van der Waals surface area contributed by atoms with E-state index in [0.717, 1.165) is 5.56 Å². The van der Waals surface area contributed by atoms with Crippen LogP contribution in [0.4, 0.5) is 0 Å². The van der Waals surface area contributed by atoms with Crippen molar-refractivity contribution in [2.24, 2.45) is 0 Å². The maximum Gasteiger partial charge on any atom is 0.233 e. The third kappa shape index (κ3) is 6.73. The Hall–Kier alpha value is -2.52. The van der Waals surface area contributed by atoms with Gasteiger partial charge in [0.1, 0.15) is 0 Å². The van der Waals surface area contributed by atoms with Crippen LogP contribution in [0, 0.1) is 0 Å². The molecular formula is C23H28N2O5S. The van der Waals surface area contributed by atoms with E-state index < -0.39 is 16.1 Å². The molecule has 1 aliphatic rings. The fraction of sp³-hybridized carbons (Fsp3) is 0.348.